The maximum absolute atomic E-state index is 13.0. The molecule has 1 saturated heterocycles. The molecule has 0 spiro atoms. The van der Waals surface area contributed by atoms with Crippen molar-refractivity contribution in [3.05, 3.63) is 72.2 Å². The Labute approximate surface area is 186 Å². The lowest BCUT2D eigenvalue weighted by atomic mass is 9.97. The molecule has 3 aromatic rings. The van der Waals surface area contributed by atoms with E-state index >= 15 is 0 Å². The van der Waals surface area contributed by atoms with Gasteiger partial charge in [0.25, 0.3) is 0 Å². The average molecular weight is 436 g/mol. The molecule has 1 unspecified atom stereocenters. The predicted octanol–water partition coefficient (Wildman–Crippen LogP) is 3.90. The molecule has 0 bridgehead atoms. The lowest BCUT2D eigenvalue weighted by molar-refractivity contribution is -0.125. The van der Waals surface area contributed by atoms with Crippen molar-refractivity contribution in [1.29, 1.82) is 0 Å². The van der Waals surface area contributed by atoms with Crippen molar-refractivity contribution in [1.82, 2.24) is 15.3 Å². The number of carbonyl (C=O) groups is 1. The molecule has 2 heterocycles. The summed E-state index contributed by atoms with van der Waals surface area (Å²) in [6.45, 7) is 1.74. The van der Waals surface area contributed by atoms with Crippen LogP contribution in [0.2, 0.25) is 0 Å². The second kappa shape index (κ2) is 10.1. The van der Waals surface area contributed by atoms with Gasteiger partial charge in [0.2, 0.25) is 11.9 Å². The van der Waals surface area contributed by atoms with Crippen LogP contribution in [0.3, 0.4) is 0 Å². The van der Waals surface area contributed by atoms with Crippen LogP contribution in [-0.4, -0.2) is 36.1 Å². The van der Waals surface area contributed by atoms with Crippen LogP contribution < -0.4 is 20.3 Å². The van der Waals surface area contributed by atoms with Crippen molar-refractivity contribution >= 4 is 23.4 Å². The number of nitrogens with one attached hydrogen (secondary N) is 2. The van der Waals surface area contributed by atoms with Crippen LogP contribution in [0.1, 0.15) is 18.4 Å². The van der Waals surface area contributed by atoms with Crippen molar-refractivity contribution in [2.45, 2.75) is 19.4 Å². The third-order valence-corrected chi connectivity index (χ3v) is 5.46. The Morgan fingerprint density at radius 1 is 1.16 bits per heavy atom. The van der Waals surface area contributed by atoms with Crippen molar-refractivity contribution in [3.63, 3.8) is 0 Å². The van der Waals surface area contributed by atoms with E-state index in [1.54, 1.807) is 25.4 Å². The number of hydrogen-bond acceptors (Lipinski definition) is 6. The van der Waals surface area contributed by atoms with Gasteiger partial charge in [-0.15, -0.1) is 0 Å². The number of ether oxygens (including phenoxy) is 1. The highest BCUT2D eigenvalue weighted by Crippen LogP contribution is 2.23. The molecular weight excluding hydrogens is 409 g/mol. The number of amides is 1. The van der Waals surface area contributed by atoms with E-state index in [2.05, 4.69) is 20.6 Å². The lowest BCUT2D eigenvalue weighted by Crippen LogP contribution is -2.43. The van der Waals surface area contributed by atoms with E-state index in [0.717, 1.165) is 36.4 Å². The summed E-state index contributed by atoms with van der Waals surface area (Å²) < 4.78 is 18.2. The fourth-order valence-corrected chi connectivity index (χ4v) is 3.70. The van der Waals surface area contributed by atoms with Gasteiger partial charge in [-0.05, 0) is 60.9 Å². The SMILES string of the molecule is COc1ccc(Nc2ccnc(N3CCCC(C(=O)NCc4ccc(F)cc4)C3)n2)cc1. The molecule has 1 aromatic heterocycles. The van der Waals surface area contributed by atoms with Crippen LogP contribution in [0.15, 0.2) is 60.8 Å². The molecule has 2 aromatic carbocycles. The molecular formula is C24H26FN5O2. The van der Waals surface area contributed by atoms with Gasteiger partial charge in [0, 0.05) is 31.5 Å². The largest absolute Gasteiger partial charge is 0.497 e. The normalized spacial score (nSPS) is 15.8. The van der Waals surface area contributed by atoms with Crippen molar-refractivity contribution < 1.29 is 13.9 Å². The first-order chi connectivity index (χ1) is 15.6. The molecule has 7 nitrogen and oxygen atoms in total. The van der Waals surface area contributed by atoms with Crippen LogP contribution in [0, 0.1) is 11.7 Å². The molecule has 1 amide bonds. The molecule has 1 atom stereocenters. The number of aromatic nitrogens is 2. The zero-order valence-corrected chi connectivity index (χ0v) is 17.9. The van der Waals surface area contributed by atoms with Gasteiger partial charge in [0.05, 0.1) is 13.0 Å². The van der Waals surface area contributed by atoms with E-state index < -0.39 is 0 Å². The van der Waals surface area contributed by atoms with Crippen LogP contribution in [0.5, 0.6) is 5.75 Å². The number of halogens is 1. The van der Waals surface area contributed by atoms with Crippen LogP contribution >= 0.6 is 0 Å². The first kappa shape index (κ1) is 21.5. The Kier molecular flexibility index (Phi) is 6.79. The third-order valence-electron chi connectivity index (χ3n) is 5.46. The van der Waals surface area contributed by atoms with Gasteiger partial charge in [0.15, 0.2) is 0 Å². The minimum Gasteiger partial charge on any atom is -0.497 e. The quantitative estimate of drug-likeness (QED) is 0.586. The number of nitrogens with zero attached hydrogens (tertiary/aromatic N) is 3. The minimum atomic E-state index is -0.285. The van der Waals surface area contributed by atoms with Gasteiger partial charge >= 0.3 is 0 Å². The first-order valence-electron chi connectivity index (χ1n) is 10.6. The summed E-state index contributed by atoms with van der Waals surface area (Å²) >= 11 is 0. The van der Waals surface area contributed by atoms with Gasteiger partial charge in [0.1, 0.15) is 17.4 Å². The highest BCUT2D eigenvalue weighted by Gasteiger charge is 2.27. The highest BCUT2D eigenvalue weighted by atomic mass is 19.1. The van der Waals surface area contributed by atoms with E-state index in [1.807, 2.05) is 35.2 Å². The fourth-order valence-electron chi connectivity index (χ4n) is 3.70. The summed E-state index contributed by atoms with van der Waals surface area (Å²) in [5.74, 6) is 1.63. The third kappa shape index (κ3) is 5.51. The van der Waals surface area contributed by atoms with Crippen molar-refractivity contribution in [2.24, 2.45) is 5.92 Å². The Morgan fingerprint density at radius 3 is 2.69 bits per heavy atom. The Balaban J connectivity index is 1.36. The molecule has 1 aliphatic heterocycles. The van der Waals surface area contributed by atoms with Gasteiger partial charge in [-0.25, -0.2) is 9.37 Å². The van der Waals surface area contributed by atoms with E-state index in [4.69, 9.17) is 4.74 Å². The highest BCUT2D eigenvalue weighted by molar-refractivity contribution is 5.79. The number of rotatable bonds is 7. The summed E-state index contributed by atoms with van der Waals surface area (Å²) in [6, 6.07) is 15.6. The molecule has 0 saturated carbocycles. The first-order valence-corrected chi connectivity index (χ1v) is 10.6. The molecule has 1 aliphatic rings. The zero-order chi connectivity index (χ0) is 22.3. The van der Waals surface area contributed by atoms with Gasteiger partial charge < -0.3 is 20.3 Å². The number of hydrogen-bond donors (Lipinski definition) is 2. The van der Waals surface area contributed by atoms with E-state index in [1.165, 1.54) is 12.1 Å². The molecule has 32 heavy (non-hydrogen) atoms. The number of anilines is 3. The maximum Gasteiger partial charge on any atom is 0.227 e. The second-order valence-electron chi connectivity index (χ2n) is 7.72. The minimum absolute atomic E-state index is 0.00784. The summed E-state index contributed by atoms with van der Waals surface area (Å²) in [7, 11) is 1.63. The summed E-state index contributed by atoms with van der Waals surface area (Å²) in [5.41, 5.74) is 1.76. The van der Waals surface area contributed by atoms with Crippen LogP contribution in [0.25, 0.3) is 0 Å². The van der Waals surface area contributed by atoms with Crippen molar-refractivity contribution in [2.75, 3.05) is 30.4 Å². The standard InChI is InChI=1S/C24H26FN5O2/c1-32-21-10-8-20(9-11-21)28-22-12-13-26-24(29-22)30-14-2-3-18(16-30)23(31)27-15-17-4-6-19(25)7-5-17/h4-13,18H,2-3,14-16H2,1H3,(H,27,31)(H,26,28,29). The molecule has 166 valence electrons. The van der Waals surface area contributed by atoms with E-state index in [-0.39, 0.29) is 17.6 Å². The lowest BCUT2D eigenvalue weighted by Gasteiger charge is -2.32. The van der Waals surface area contributed by atoms with E-state index in [0.29, 0.717) is 24.9 Å². The second-order valence-corrected chi connectivity index (χ2v) is 7.72. The summed E-state index contributed by atoms with van der Waals surface area (Å²) in [5, 5.41) is 6.23. The van der Waals surface area contributed by atoms with Gasteiger partial charge in [-0.1, -0.05) is 12.1 Å². The topological polar surface area (TPSA) is 79.4 Å². The summed E-state index contributed by atoms with van der Waals surface area (Å²) in [6.07, 6.45) is 3.41. The summed E-state index contributed by atoms with van der Waals surface area (Å²) in [4.78, 5) is 23.8. The number of methoxy groups -OCH3 is 1. The Hall–Kier alpha value is -3.68. The monoisotopic (exact) mass is 435 g/mol. The van der Waals surface area contributed by atoms with Gasteiger partial charge in [-0.3, -0.25) is 4.79 Å². The molecule has 0 radical (unpaired) electrons. The number of carbonyl (C=O) groups excluding carboxylic acids is 1. The maximum atomic E-state index is 13.0. The average Bonchev–Trinajstić information content (AvgIpc) is 2.84. The Bertz CT molecular complexity index is 1040. The molecule has 2 N–H and O–H groups in total. The van der Waals surface area contributed by atoms with E-state index in [9.17, 15) is 9.18 Å². The fraction of sp³-hybridized carbons (Fsp3) is 0.292. The smallest absolute Gasteiger partial charge is 0.227 e. The zero-order valence-electron chi connectivity index (χ0n) is 17.9. The Morgan fingerprint density at radius 2 is 1.94 bits per heavy atom. The van der Waals surface area contributed by atoms with Gasteiger partial charge in [-0.2, -0.15) is 4.98 Å². The molecule has 8 heteroatoms. The number of piperidine rings is 1. The molecule has 0 aliphatic carbocycles. The van der Waals surface area contributed by atoms with Crippen molar-refractivity contribution in [3.8, 4) is 5.75 Å². The van der Waals surface area contributed by atoms with Crippen LogP contribution in [-0.2, 0) is 11.3 Å². The molecule has 1 fully saturated rings. The van der Waals surface area contributed by atoms with Crippen LogP contribution in [0.4, 0.5) is 21.8 Å². The molecule has 4 rings (SSSR count). The number of benzene rings is 2. The predicted molar refractivity (Wildman–Crippen MR) is 121 cm³/mol.